The summed E-state index contributed by atoms with van der Waals surface area (Å²) in [5, 5.41) is 11.6. The molecule has 1 aromatic rings. The van der Waals surface area contributed by atoms with Crippen molar-refractivity contribution in [3.8, 4) is 5.75 Å². The first-order valence-corrected chi connectivity index (χ1v) is 7.32. The maximum absolute atomic E-state index is 11.7. The fraction of sp³-hybridized carbons (Fsp3) is 0.385. The van der Waals surface area contributed by atoms with Crippen molar-refractivity contribution in [3.05, 3.63) is 23.2 Å². The average Bonchev–Trinajstić information content (AvgIpc) is 2.36. The molecule has 5 nitrogen and oxygen atoms in total. The van der Waals surface area contributed by atoms with E-state index in [9.17, 15) is 9.59 Å². The van der Waals surface area contributed by atoms with Crippen LogP contribution >= 0.6 is 23.4 Å². The standard InChI is InChI=1S/C13H16ClNO4S/c1-8(5-13(17)18)20-7-12(16)15-9-3-4-11(19-2)10(14)6-9/h3-4,6,8H,5,7H2,1-2H3,(H,15,16)(H,17,18). The molecule has 0 spiro atoms. The average molecular weight is 318 g/mol. The minimum atomic E-state index is -0.868. The van der Waals surface area contributed by atoms with Gasteiger partial charge in [0, 0.05) is 10.9 Å². The number of ether oxygens (including phenoxy) is 1. The van der Waals surface area contributed by atoms with Gasteiger partial charge in [-0.2, -0.15) is 0 Å². The third-order valence-corrected chi connectivity index (χ3v) is 3.86. The number of halogens is 1. The lowest BCUT2D eigenvalue weighted by molar-refractivity contribution is -0.136. The van der Waals surface area contributed by atoms with Crippen molar-refractivity contribution in [1.29, 1.82) is 0 Å². The molecular weight excluding hydrogens is 302 g/mol. The van der Waals surface area contributed by atoms with Crippen LogP contribution in [0, 0.1) is 0 Å². The fourth-order valence-corrected chi connectivity index (χ4v) is 2.49. The van der Waals surface area contributed by atoms with E-state index in [0.29, 0.717) is 16.5 Å². The third-order valence-electron chi connectivity index (χ3n) is 2.40. The lowest BCUT2D eigenvalue weighted by Gasteiger charge is -2.10. The van der Waals surface area contributed by atoms with Crippen molar-refractivity contribution in [2.75, 3.05) is 18.2 Å². The summed E-state index contributed by atoms with van der Waals surface area (Å²) in [5.41, 5.74) is 0.576. The molecule has 0 saturated heterocycles. The fourth-order valence-electron chi connectivity index (χ4n) is 1.46. The predicted molar refractivity (Wildman–Crippen MR) is 80.8 cm³/mol. The Morgan fingerprint density at radius 3 is 2.75 bits per heavy atom. The van der Waals surface area contributed by atoms with E-state index in [0.717, 1.165) is 0 Å². The van der Waals surface area contributed by atoms with Gasteiger partial charge in [-0.1, -0.05) is 18.5 Å². The Morgan fingerprint density at radius 1 is 1.50 bits per heavy atom. The van der Waals surface area contributed by atoms with Crippen molar-refractivity contribution in [2.24, 2.45) is 0 Å². The molecule has 2 N–H and O–H groups in total. The Morgan fingerprint density at radius 2 is 2.20 bits per heavy atom. The molecule has 110 valence electrons. The number of carbonyl (C=O) groups is 2. The van der Waals surface area contributed by atoms with E-state index in [1.165, 1.54) is 18.9 Å². The summed E-state index contributed by atoms with van der Waals surface area (Å²) in [5.74, 6) is -0.340. The van der Waals surface area contributed by atoms with E-state index in [1.807, 2.05) is 0 Å². The molecule has 7 heteroatoms. The van der Waals surface area contributed by atoms with Gasteiger partial charge < -0.3 is 15.2 Å². The number of methoxy groups -OCH3 is 1. The van der Waals surface area contributed by atoms with Crippen molar-refractivity contribution >= 4 is 40.9 Å². The molecule has 1 rings (SSSR count). The zero-order chi connectivity index (χ0) is 15.1. The lowest BCUT2D eigenvalue weighted by Crippen LogP contribution is -2.16. The van der Waals surface area contributed by atoms with Crippen LogP contribution in [0.2, 0.25) is 5.02 Å². The topological polar surface area (TPSA) is 75.6 Å². The summed E-state index contributed by atoms with van der Waals surface area (Å²) in [7, 11) is 1.51. The van der Waals surface area contributed by atoms with Gasteiger partial charge in [-0.05, 0) is 18.2 Å². The molecule has 1 atom stereocenters. The molecule has 1 amide bonds. The summed E-state index contributed by atoms with van der Waals surface area (Å²) < 4.78 is 5.02. The molecule has 0 bridgehead atoms. The Labute approximate surface area is 126 Å². The van der Waals surface area contributed by atoms with Crippen LogP contribution in [0.25, 0.3) is 0 Å². The first-order chi connectivity index (χ1) is 9.42. The highest BCUT2D eigenvalue weighted by molar-refractivity contribution is 8.00. The van der Waals surface area contributed by atoms with Crippen LogP contribution in [0.15, 0.2) is 18.2 Å². The van der Waals surface area contributed by atoms with Crippen LogP contribution in [0.5, 0.6) is 5.75 Å². The number of carboxylic acid groups (broad SMARTS) is 1. The summed E-state index contributed by atoms with van der Waals surface area (Å²) in [6, 6.07) is 4.95. The monoisotopic (exact) mass is 317 g/mol. The van der Waals surface area contributed by atoms with Gasteiger partial charge in [0.25, 0.3) is 0 Å². The smallest absolute Gasteiger partial charge is 0.304 e. The lowest BCUT2D eigenvalue weighted by atomic mass is 10.3. The molecular formula is C13H16ClNO4S. The van der Waals surface area contributed by atoms with E-state index in [2.05, 4.69) is 5.32 Å². The van der Waals surface area contributed by atoms with Crippen molar-refractivity contribution in [2.45, 2.75) is 18.6 Å². The molecule has 0 heterocycles. The highest BCUT2D eigenvalue weighted by Gasteiger charge is 2.11. The van der Waals surface area contributed by atoms with Gasteiger partial charge in [0.15, 0.2) is 0 Å². The predicted octanol–water partition coefficient (Wildman–Crippen LogP) is 2.88. The number of benzene rings is 1. The van der Waals surface area contributed by atoms with Crippen LogP contribution in [-0.4, -0.2) is 35.1 Å². The Hall–Kier alpha value is -1.40. The summed E-state index contributed by atoms with van der Waals surface area (Å²) in [6.45, 7) is 1.77. The van der Waals surface area contributed by atoms with Gasteiger partial charge in [0.2, 0.25) is 5.91 Å². The second-order valence-corrected chi connectivity index (χ2v) is 5.95. The number of carbonyl (C=O) groups excluding carboxylic acids is 1. The molecule has 0 radical (unpaired) electrons. The minimum absolute atomic E-state index is 0.0340. The number of thioether (sulfide) groups is 1. The molecule has 0 aliphatic heterocycles. The maximum atomic E-state index is 11.7. The molecule has 0 aliphatic rings. The summed E-state index contributed by atoms with van der Waals surface area (Å²) >= 11 is 7.24. The van der Waals surface area contributed by atoms with E-state index >= 15 is 0 Å². The van der Waals surface area contributed by atoms with E-state index < -0.39 is 5.97 Å². The number of rotatable bonds is 7. The molecule has 0 fully saturated rings. The number of nitrogens with one attached hydrogen (secondary N) is 1. The van der Waals surface area contributed by atoms with Crippen LogP contribution in [-0.2, 0) is 9.59 Å². The number of amides is 1. The van der Waals surface area contributed by atoms with Gasteiger partial charge in [-0.3, -0.25) is 9.59 Å². The van der Waals surface area contributed by atoms with Gasteiger partial charge in [-0.25, -0.2) is 0 Å². The second kappa shape index (κ2) is 8.01. The summed E-state index contributed by atoms with van der Waals surface area (Å²) in [4.78, 5) is 22.2. The maximum Gasteiger partial charge on any atom is 0.304 e. The van der Waals surface area contributed by atoms with Gasteiger partial charge >= 0.3 is 5.97 Å². The number of hydrogen-bond acceptors (Lipinski definition) is 4. The Kier molecular flexibility index (Phi) is 6.67. The van der Waals surface area contributed by atoms with Crippen molar-refractivity contribution in [3.63, 3.8) is 0 Å². The van der Waals surface area contributed by atoms with E-state index in [4.69, 9.17) is 21.4 Å². The van der Waals surface area contributed by atoms with Crippen molar-refractivity contribution < 1.29 is 19.4 Å². The Bertz CT molecular complexity index is 495. The van der Waals surface area contributed by atoms with Gasteiger partial charge in [0.1, 0.15) is 5.75 Å². The zero-order valence-electron chi connectivity index (χ0n) is 11.2. The zero-order valence-corrected chi connectivity index (χ0v) is 12.8. The van der Waals surface area contributed by atoms with Gasteiger partial charge in [0.05, 0.1) is 24.3 Å². The van der Waals surface area contributed by atoms with Crippen LogP contribution in [0.1, 0.15) is 13.3 Å². The van der Waals surface area contributed by atoms with Crippen LogP contribution in [0.4, 0.5) is 5.69 Å². The third kappa shape index (κ3) is 5.71. The summed E-state index contributed by atoms with van der Waals surface area (Å²) in [6.07, 6.45) is 0.0340. The molecule has 1 unspecified atom stereocenters. The van der Waals surface area contributed by atoms with Gasteiger partial charge in [-0.15, -0.1) is 11.8 Å². The molecule has 0 aromatic heterocycles. The Balaban J connectivity index is 2.46. The quantitative estimate of drug-likeness (QED) is 0.808. The molecule has 20 heavy (non-hydrogen) atoms. The number of aliphatic carboxylic acids is 1. The van der Waals surface area contributed by atoms with Crippen LogP contribution in [0.3, 0.4) is 0 Å². The highest BCUT2D eigenvalue weighted by atomic mass is 35.5. The first kappa shape index (κ1) is 16.7. The molecule has 0 saturated carbocycles. The largest absolute Gasteiger partial charge is 0.495 e. The first-order valence-electron chi connectivity index (χ1n) is 5.89. The second-order valence-electron chi connectivity index (χ2n) is 4.12. The van der Waals surface area contributed by atoms with Crippen LogP contribution < -0.4 is 10.1 Å². The van der Waals surface area contributed by atoms with E-state index in [-0.39, 0.29) is 23.3 Å². The number of carboxylic acids is 1. The molecule has 1 aromatic carbocycles. The normalized spacial score (nSPS) is 11.8. The van der Waals surface area contributed by atoms with E-state index in [1.54, 1.807) is 25.1 Å². The number of anilines is 1. The minimum Gasteiger partial charge on any atom is -0.495 e. The van der Waals surface area contributed by atoms with Crippen molar-refractivity contribution in [1.82, 2.24) is 0 Å². The highest BCUT2D eigenvalue weighted by Crippen LogP contribution is 2.27. The molecule has 0 aliphatic carbocycles. The SMILES string of the molecule is COc1ccc(NC(=O)CSC(C)CC(=O)O)cc1Cl. The number of hydrogen-bond donors (Lipinski definition) is 2.